The van der Waals surface area contributed by atoms with Crippen molar-refractivity contribution in [2.45, 2.75) is 6.04 Å². The Labute approximate surface area is 108 Å². The average molecular weight is 278 g/mol. The van der Waals surface area contributed by atoms with Gasteiger partial charge in [-0.1, -0.05) is 29.8 Å². The summed E-state index contributed by atoms with van der Waals surface area (Å²) >= 11 is 7.39. The number of rotatable bonds is 2. The van der Waals surface area contributed by atoms with Gasteiger partial charge in [0.25, 0.3) is 0 Å². The zero-order valence-electron chi connectivity index (χ0n) is 8.19. The highest BCUT2D eigenvalue weighted by atomic mass is 35.5. The van der Waals surface area contributed by atoms with Crippen molar-refractivity contribution >= 4 is 35.3 Å². The van der Waals surface area contributed by atoms with Gasteiger partial charge in [-0.25, -0.2) is 4.39 Å². The van der Waals surface area contributed by atoms with Crippen LogP contribution in [0.3, 0.4) is 0 Å². The smallest absolute Gasteiger partial charge is 0.142 e. The van der Waals surface area contributed by atoms with Gasteiger partial charge in [0.15, 0.2) is 0 Å². The molecule has 1 heterocycles. The Hall–Kier alpha value is -0.610. The highest BCUT2D eigenvalue weighted by Gasteiger charge is 2.15. The molecule has 2 aromatic rings. The molecule has 86 valence electrons. The molecule has 16 heavy (non-hydrogen) atoms. The summed E-state index contributed by atoms with van der Waals surface area (Å²) in [6.45, 7) is 0. The van der Waals surface area contributed by atoms with Crippen LogP contribution in [0.2, 0.25) is 5.02 Å². The second-order valence-corrected chi connectivity index (χ2v) is 4.49. The Kier molecular flexibility index (Phi) is 4.74. The number of hydrogen-bond acceptors (Lipinski definition) is 2. The van der Waals surface area contributed by atoms with E-state index in [1.807, 2.05) is 17.5 Å². The van der Waals surface area contributed by atoms with Crippen molar-refractivity contribution in [1.29, 1.82) is 0 Å². The molecule has 2 N–H and O–H groups in total. The fourth-order valence-electron chi connectivity index (χ4n) is 1.38. The van der Waals surface area contributed by atoms with E-state index in [1.54, 1.807) is 12.1 Å². The van der Waals surface area contributed by atoms with Gasteiger partial charge in [-0.05, 0) is 23.1 Å². The Morgan fingerprint density at radius 1 is 1.25 bits per heavy atom. The van der Waals surface area contributed by atoms with E-state index in [9.17, 15) is 4.39 Å². The van der Waals surface area contributed by atoms with Gasteiger partial charge in [-0.3, -0.25) is 0 Å². The maximum Gasteiger partial charge on any atom is 0.142 e. The predicted molar refractivity (Wildman–Crippen MR) is 69.0 cm³/mol. The van der Waals surface area contributed by atoms with Crippen LogP contribution in [0.1, 0.15) is 16.5 Å². The highest BCUT2D eigenvalue weighted by molar-refractivity contribution is 7.10. The third kappa shape index (κ3) is 2.55. The summed E-state index contributed by atoms with van der Waals surface area (Å²) < 4.78 is 13.2. The lowest BCUT2D eigenvalue weighted by molar-refractivity contribution is 0.624. The van der Waals surface area contributed by atoms with Crippen molar-refractivity contribution in [2.24, 2.45) is 5.73 Å². The maximum absolute atomic E-state index is 13.2. The van der Waals surface area contributed by atoms with Crippen molar-refractivity contribution in [3.8, 4) is 0 Å². The van der Waals surface area contributed by atoms with Crippen molar-refractivity contribution in [1.82, 2.24) is 0 Å². The average Bonchev–Trinajstić information content (AvgIpc) is 2.74. The minimum absolute atomic E-state index is 0. The van der Waals surface area contributed by atoms with Crippen LogP contribution in [-0.2, 0) is 0 Å². The van der Waals surface area contributed by atoms with Gasteiger partial charge in [0, 0.05) is 4.88 Å². The van der Waals surface area contributed by atoms with Crippen LogP contribution in [0.25, 0.3) is 0 Å². The van der Waals surface area contributed by atoms with Crippen LogP contribution in [-0.4, -0.2) is 0 Å². The molecule has 0 saturated heterocycles. The molecule has 1 atom stereocenters. The van der Waals surface area contributed by atoms with Gasteiger partial charge in [0.05, 0.1) is 11.1 Å². The van der Waals surface area contributed by atoms with E-state index in [2.05, 4.69) is 0 Å². The van der Waals surface area contributed by atoms with E-state index in [-0.39, 0.29) is 23.5 Å². The van der Waals surface area contributed by atoms with E-state index >= 15 is 0 Å². The fourth-order valence-corrected chi connectivity index (χ4v) is 2.37. The SMILES string of the molecule is Cl.N[C@@H](c1cccs1)c1cccc(F)c1Cl. The molecule has 0 fully saturated rings. The first-order valence-electron chi connectivity index (χ1n) is 4.43. The summed E-state index contributed by atoms with van der Waals surface area (Å²) in [5, 5.41) is 2.04. The van der Waals surface area contributed by atoms with Gasteiger partial charge < -0.3 is 5.73 Å². The quantitative estimate of drug-likeness (QED) is 0.882. The summed E-state index contributed by atoms with van der Waals surface area (Å²) in [4.78, 5) is 0.975. The number of benzene rings is 1. The molecule has 5 heteroatoms. The Bertz CT molecular complexity index is 459. The van der Waals surface area contributed by atoms with Crippen molar-refractivity contribution in [3.05, 3.63) is 57.0 Å². The van der Waals surface area contributed by atoms with E-state index in [1.165, 1.54) is 17.4 Å². The summed E-state index contributed by atoms with van der Waals surface area (Å²) in [6.07, 6.45) is 0. The molecule has 0 bridgehead atoms. The highest BCUT2D eigenvalue weighted by Crippen LogP contribution is 2.30. The molecule has 0 saturated carbocycles. The van der Waals surface area contributed by atoms with Crippen molar-refractivity contribution in [2.75, 3.05) is 0 Å². The molecule has 0 aliphatic carbocycles. The minimum atomic E-state index is -0.429. The molecule has 0 aliphatic heterocycles. The van der Waals surface area contributed by atoms with Crippen LogP contribution in [0.5, 0.6) is 0 Å². The molecule has 0 aliphatic rings. The Morgan fingerprint density at radius 3 is 2.62 bits per heavy atom. The maximum atomic E-state index is 13.2. The number of halogens is 3. The van der Waals surface area contributed by atoms with Gasteiger partial charge in [-0.15, -0.1) is 23.7 Å². The number of nitrogens with two attached hydrogens (primary N) is 1. The van der Waals surface area contributed by atoms with Gasteiger partial charge in [-0.2, -0.15) is 0 Å². The second-order valence-electron chi connectivity index (χ2n) is 3.14. The van der Waals surface area contributed by atoms with Crippen LogP contribution in [0.15, 0.2) is 35.7 Å². The van der Waals surface area contributed by atoms with Gasteiger partial charge >= 0.3 is 0 Å². The lowest BCUT2D eigenvalue weighted by Gasteiger charge is -2.12. The van der Waals surface area contributed by atoms with E-state index in [0.717, 1.165) is 4.88 Å². The van der Waals surface area contributed by atoms with Crippen LogP contribution >= 0.6 is 35.3 Å². The predicted octanol–water partition coefficient (Wildman–Crippen LogP) is 4.01. The fraction of sp³-hybridized carbons (Fsp3) is 0.0909. The number of thiophene rings is 1. The molecular weight excluding hydrogens is 268 g/mol. The van der Waals surface area contributed by atoms with Crippen molar-refractivity contribution < 1.29 is 4.39 Å². The molecular formula is C11H10Cl2FNS. The van der Waals surface area contributed by atoms with Crippen molar-refractivity contribution in [3.63, 3.8) is 0 Å². The minimum Gasteiger partial charge on any atom is -0.320 e. The first kappa shape index (κ1) is 13.5. The topological polar surface area (TPSA) is 26.0 Å². The third-order valence-corrected chi connectivity index (χ3v) is 3.52. The zero-order valence-corrected chi connectivity index (χ0v) is 10.6. The Balaban J connectivity index is 0.00000128. The summed E-state index contributed by atoms with van der Waals surface area (Å²) in [7, 11) is 0. The van der Waals surface area contributed by atoms with E-state index < -0.39 is 5.82 Å². The van der Waals surface area contributed by atoms with Gasteiger partial charge in [0.1, 0.15) is 5.82 Å². The van der Waals surface area contributed by atoms with Crippen LogP contribution in [0, 0.1) is 5.82 Å². The lowest BCUT2D eigenvalue weighted by atomic mass is 10.1. The molecule has 1 aromatic carbocycles. The lowest BCUT2D eigenvalue weighted by Crippen LogP contribution is -2.11. The van der Waals surface area contributed by atoms with Crippen LogP contribution < -0.4 is 5.73 Å². The first-order chi connectivity index (χ1) is 7.20. The summed E-state index contributed by atoms with van der Waals surface area (Å²) in [6, 6.07) is 8.16. The van der Waals surface area contributed by atoms with E-state index in [0.29, 0.717) is 5.56 Å². The second kappa shape index (κ2) is 5.64. The molecule has 1 nitrogen and oxygen atoms in total. The normalized spacial score (nSPS) is 11.9. The van der Waals surface area contributed by atoms with Gasteiger partial charge in [0.2, 0.25) is 0 Å². The third-order valence-electron chi connectivity index (χ3n) is 2.17. The molecule has 0 spiro atoms. The molecule has 0 amide bonds. The largest absolute Gasteiger partial charge is 0.320 e. The first-order valence-corrected chi connectivity index (χ1v) is 5.69. The summed E-state index contributed by atoms with van der Waals surface area (Å²) in [5.74, 6) is -0.429. The Morgan fingerprint density at radius 2 is 2.00 bits per heavy atom. The summed E-state index contributed by atoms with van der Waals surface area (Å²) in [5.41, 5.74) is 6.61. The molecule has 2 rings (SSSR count). The molecule has 0 unspecified atom stereocenters. The van der Waals surface area contributed by atoms with E-state index in [4.69, 9.17) is 17.3 Å². The van der Waals surface area contributed by atoms with Crippen LogP contribution in [0.4, 0.5) is 4.39 Å². The molecule has 1 aromatic heterocycles. The number of hydrogen-bond donors (Lipinski definition) is 1. The molecule has 0 radical (unpaired) electrons. The standard InChI is InChI=1S/C11H9ClFNS.ClH/c12-10-7(3-1-4-8(10)13)11(14)9-5-2-6-15-9;/h1-6,11H,14H2;1H/t11-;/m1./s1. The monoisotopic (exact) mass is 277 g/mol. The zero-order chi connectivity index (χ0) is 10.8.